The molecule has 2 rings (SSSR count). The van der Waals surface area contributed by atoms with Crippen molar-refractivity contribution in [3.05, 3.63) is 59.2 Å². The summed E-state index contributed by atoms with van der Waals surface area (Å²) in [5.41, 5.74) is 8.25. The molecule has 0 aliphatic rings. The van der Waals surface area contributed by atoms with E-state index in [1.54, 1.807) is 43.3 Å². The van der Waals surface area contributed by atoms with E-state index in [9.17, 15) is 8.42 Å². The number of rotatable bonds is 5. The topological polar surface area (TPSA) is 92.4 Å². The van der Waals surface area contributed by atoms with Gasteiger partial charge < -0.3 is 10.8 Å². The summed E-state index contributed by atoms with van der Waals surface area (Å²) in [7, 11) is -3.62. The molecule has 0 spiro atoms. The average Bonchev–Trinajstić information content (AvgIpc) is 2.48. The number of nitrogens with two attached hydrogens (primary N) is 1. The Morgan fingerprint density at radius 3 is 2.52 bits per heavy atom. The summed E-state index contributed by atoms with van der Waals surface area (Å²) in [5.74, 6) is 0. The molecule has 0 atom stereocenters. The summed E-state index contributed by atoms with van der Waals surface area (Å²) in [4.78, 5) is 0.181. The van der Waals surface area contributed by atoms with Crippen LogP contribution in [-0.2, 0) is 23.2 Å². The zero-order valence-electron chi connectivity index (χ0n) is 11.7. The quantitative estimate of drug-likeness (QED) is 0.731. The predicted octanol–water partition coefficient (Wildman–Crippen LogP) is 1.55. The second-order valence-corrected chi connectivity index (χ2v) is 6.51. The van der Waals surface area contributed by atoms with Crippen molar-refractivity contribution in [2.75, 3.05) is 5.73 Å². The molecule has 0 amide bonds. The lowest BCUT2D eigenvalue weighted by atomic mass is 10.1. The van der Waals surface area contributed by atoms with Gasteiger partial charge in [-0.1, -0.05) is 30.3 Å². The molecule has 4 N–H and O–H groups in total. The molecule has 0 heterocycles. The van der Waals surface area contributed by atoms with Gasteiger partial charge in [-0.3, -0.25) is 0 Å². The lowest BCUT2D eigenvalue weighted by Gasteiger charge is -2.11. The molecule has 0 saturated heterocycles. The van der Waals surface area contributed by atoms with Crippen molar-refractivity contribution < 1.29 is 13.5 Å². The van der Waals surface area contributed by atoms with Gasteiger partial charge in [0, 0.05) is 12.2 Å². The molecule has 0 fully saturated rings. The van der Waals surface area contributed by atoms with E-state index in [0.29, 0.717) is 11.3 Å². The summed E-state index contributed by atoms with van der Waals surface area (Å²) in [6.07, 6.45) is 0. The number of hydrogen-bond donors (Lipinski definition) is 3. The molecule has 0 aliphatic heterocycles. The molecule has 2 aromatic rings. The van der Waals surface area contributed by atoms with Crippen LogP contribution in [0.2, 0.25) is 0 Å². The smallest absolute Gasteiger partial charge is 0.241 e. The Morgan fingerprint density at radius 2 is 1.81 bits per heavy atom. The number of hydrogen-bond acceptors (Lipinski definition) is 4. The van der Waals surface area contributed by atoms with Crippen LogP contribution in [0, 0.1) is 6.92 Å². The van der Waals surface area contributed by atoms with Gasteiger partial charge in [-0.15, -0.1) is 0 Å². The van der Waals surface area contributed by atoms with Crippen molar-refractivity contribution in [3.63, 3.8) is 0 Å². The largest absolute Gasteiger partial charge is 0.398 e. The van der Waals surface area contributed by atoms with Gasteiger partial charge >= 0.3 is 0 Å². The highest BCUT2D eigenvalue weighted by molar-refractivity contribution is 7.89. The predicted molar refractivity (Wildman–Crippen MR) is 82.0 cm³/mol. The zero-order valence-corrected chi connectivity index (χ0v) is 12.5. The summed E-state index contributed by atoms with van der Waals surface area (Å²) in [6.45, 7) is 1.76. The molecule has 0 unspecified atom stereocenters. The van der Waals surface area contributed by atoms with E-state index in [2.05, 4.69) is 4.72 Å². The first kappa shape index (κ1) is 15.5. The standard InChI is InChI=1S/C15H18N2O3S/c1-11-14(16)6-3-7-15(11)21(19,20)17-9-12-4-2-5-13(8-12)10-18/h2-8,17-18H,9-10,16H2,1H3. The van der Waals surface area contributed by atoms with Crippen LogP contribution < -0.4 is 10.5 Å². The first-order chi connectivity index (χ1) is 9.94. The summed E-state index contributed by atoms with van der Waals surface area (Å²) < 4.78 is 27.2. The van der Waals surface area contributed by atoms with Crippen LogP contribution in [-0.4, -0.2) is 13.5 Å². The van der Waals surface area contributed by atoms with Crippen LogP contribution in [0.5, 0.6) is 0 Å². The molecule has 0 bridgehead atoms. The second-order valence-electron chi connectivity index (χ2n) is 4.77. The van der Waals surface area contributed by atoms with Crippen molar-refractivity contribution >= 4 is 15.7 Å². The fraction of sp³-hybridized carbons (Fsp3) is 0.200. The van der Waals surface area contributed by atoms with Gasteiger partial charge in [-0.25, -0.2) is 13.1 Å². The van der Waals surface area contributed by atoms with E-state index >= 15 is 0 Å². The van der Waals surface area contributed by atoms with E-state index in [1.165, 1.54) is 6.07 Å². The molecule has 5 nitrogen and oxygen atoms in total. The number of nitrogen functional groups attached to an aromatic ring is 1. The minimum atomic E-state index is -3.62. The first-order valence-corrected chi connectivity index (χ1v) is 7.96. The second kappa shape index (κ2) is 6.26. The Hall–Kier alpha value is -1.89. The normalized spacial score (nSPS) is 11.5. The first-order valence-electron chi connectivity index (χ1n) is 6.47. The maximum absolute atomic E-state index is 12.3. The Balaban J connectivity index is 2.20. The van der Waals surface area contributed by atoms with Crippen LogP contribution in [0.1, 0.15) is 16.7 Å². The van der Waals surface area contributed by atoms with Gasteiger partial charge in [-0.05, 0) is 35.7 Å². The Bertz CT molecular complexity index is 742. The van der Waals surface area contributed by atoms with E-state index in [1.807, 2.05) is 0 Å². The highest BCUT2D eigenvalue weighted by Gasteiger charge is 2.17. The number of anilines is 1. The van der Waals surface area contributed by atoms with Crippen molar-refractivity contribution in [1.82, 2.24) is 4.72 Å². The maximum atomic E-state index is 12.3. The number of aliphatic hydroxyl groups is 1. The van der Waals surface area contributed by atoms with Crippen LogP contribution in [0.25, 0.3) is 0 Å². The molecular formula is C15H18N2O3S. The van der Waals surface area contributed by atoms with Gasteiger partial charge in [0.05, 0.1) is 11.5 Å². The van der Waals surface area contributed by atoms with E-state index < -0.39 is 10.0 Å². The van der Waals surface area contributed by atoms with Crippen molar-refractivity contribution in [3.8, 4) is 0 Å². The molecule has 0 radical (unpaired) electrons. The highest BCUT2D eigenvalue weighted by atomic mass is 32.2. The number of benzene rings is 2. The average molecular weight is 306 g/mol. The van der Waals surface area contributed by atoms with Gasteiger partial charge in [0.25, 0.3) is 0 Å². The fourth-order valence-corrected chi connectivity index (χ4v) is 3.31. The zero-order chi connectivity index (χ0) is 15.5. The van der Waals surface area contributed by atoms with Crippen molar-refractivity contribution in [2.45, 2.75) is 25.0 Å². The van der Waals surface area contributed by atoms with Gasteiger partial charge in [0.15, 0.2) is 0 Å². The van der Waals surface area contributed by atoms with E-state index in [0.717, 1.165) is 11.1 Å². The summed E-state index contributed by atoms with van der Waals surface area (Å²) in [5, 5.41) is 9.08. The monoisotopic (exact) mass is 306 g/mol. The van der Waals surface area contributed by atoms with Crippen molar-refractivity contribution in [2.24, 2.45) is 0 Å². The van der Waals surface area contributed by atoms with Gasteiger partial charge in [0.1, 0.15) is 0 Å². The maximum Gasteiger partial charge on any atom is 0.241 e. The minimum absolute atomic E-state index is 0.0745. The lowest BCUT2D eigenvalue weighted by Crippen LogP contribution is -2.24. The van der Waals surface area contributed by atoms with E-state index in [-0.39, 0.29) is 18.0 Å². The third kappa shape index (κ3) is 3.60. The minimum Gasteiger partial charge on any atom is -0.398 e. The van der Waals surface area contributed by atoms with Crippen LogP contribution in [0.3, 0.4) is 0 Å². The molecule has 0 saturated carbocycles. The summed E-state index contributed by atoms with van der Waals surface area (Å²) in [6, 6.07) is 11.9. The third-order valence-electron chi connectivity index (χ3n) is 3.26. The van der Waals surface area contributed by atoms with Crippen LogP contribution in [0.15, 0.2) is 47.4 Å². The third-order valence-corrected chi connectivity index (χ3v) is 4.80. The number of nitrogens with one attached hydrogen (secondary N) is 1. The Morgan fingerprint density at radius 1 is 1.14 bits per heavy atom. The highest BCUT2D eigenvalue weighted by Crippen LogP contribution is 2.20. The fourth-order valence-electron chi connectivity index (χ4n) is 2.02. The number of sulfonamides is 1. The Kier molecular flexibility index (Phi) is 4.62. The Labute approximate surface area is 124 Å². The molecule has 0 aliphatic carbocycles. The molecule has 2 aromatic carbocycles. The number of aliphatic hydroxyl groups excluding tert-OH is 1. The molecule has 21 heavy (non-hydrogen) atoms. The van der Waals surface area contributed by atoms with Crippen molar-refractivity contribution in [1.29, 1.82) is 0 Å². The molecule has 112 valence electrons. The SMILES string of the molecule is Cc1c(N)cccc1S(=O)(=O)NCc1cccc(CO)c1. The lowest BCUT2D eigenvalue weighted by molar-refractivity contribution is 0.281. The van der Waals surface area contributed by atoms with Gasteiger partial charge in [0.2, 0.25) is 10.0 Å². The summed E-state index contributed by atoms with van der Waals surface area (Å²) >= 11 is 0. The van der Waals surface area contributed by atoms with Crippen LogP contribution >= 0.6 is 0 Å². The molecule has 6 heteroatoms. The molecule has 0 aromatic heterocycles. The van der Waals surface area contributed by atoms with Crippen LogP contribution in [0.4, 0.5) is 5.69 Å². The van der Waals surface area contributed by atoms with E-state index in [4.69, 9.17) is 10.8 Å². The molecular weight excluding hydrogens is 288 g/mol. The van der Waals surface area contributed by atoms with Gasteiger partial charge in [-0.2, -0.15) is 0 Å².